The van der Waals surface area contributed by atoms with Gasteiger partial charge in [0, 0.05) is 11.3 Å². The predicted octanol–water partition coefficient (Wildman–Crippen LogP) is 1.77. The first kappa shape index (κ1) is 13.8. The highest BCUT2D eigenvalue weighted by Gasteiger charge is 2.33. The normalized spacial score (nSPS) is 25.8. The number of likely N-dealkylation sites (N-methyl/N-ethyl adjacent to an activating group) is 1. The standard InChI is InChI=1S/C12H24N2OS/c1-5-13-12(2,3)11(15)14-9-7-6-8-10(9)16-4/h9-10,13H,5-8H2,1-4H3,(H,14,15). The van der Waals surface area contributed by atoms with Crippen LogP contribution in [-0.4, -0.2) is 35.5 Å². The van der Waals surface area contributed by atoms with E-state index in [1.54, 1.807) is 0 Å². The molecule has 0 saturated heterocycles. The largest absolute Gasteiger partial charge is 0.351 e. The van der Waals surface area contributed by atoms with E-state index in [9.17, 15) is 4.79 Å². The maximum atomic E-state index is 12.1. The van der Waals surface area contributed by atoms with Gasteiger partial charge < -0.3 is 10.6 Å². The van der Waals surface area contributed by atoms with Crippen molar-refractivity contribution in [3.63, 3.8) is 0 Å². The molecule has 4 heteroatoms. The number of thioether (sulfide) groups is 1. The molecule has 0 heterocycles. The van der Waals surface area contributed by atoms with Crippen LogP contribution in [0, 0.1) is 0 Å². The average molecular weight is 244 g/mol. The molecular formula is C12H24N2OS. The van der Waals surface area contributed by atoms with E-state index in [1.165, 1.54) is 12.8 Å². The third-order valence-corrected chi connectivity index (χ3v) is 4.43. The summed E-state index contributed by atoms with van der Waals surface area (Å²) in [4.78, 5) is 12.1. The lowest BCUT2D eigenvalue weighted by molar-refractivity contribution is -0.127. The van der Waals surface area contributed by atoms with Crippen molar-refractivity contribution < 1.29 is 4.79 Å². The van der Waals surface area contributed by atoms with Crippen molar-refractivity contribution in [2.45, 2.75) is 56.9 Å². The van der Waals surface area contributed by atoms with Crippen molar-refractivity contribution in [2.24, 2.45) is 0 Å². The lowest BCUT2D eigenvalue weighted by atomic mass is 10.0. The number of nitrogens with one attached hydrogen (secondary N) is 2. The molecule has 2 unspecified atom stereocenters. The third kappa shape index (κ3) is 3.39. The summed E-state index contributed by atoms with van der Waals surface area (Å²) in [5.74, 6) is 0.125. The first-order valence-corrected chi connectivity index (χ1v) is 7.39. The fourth-order valence-electron chi connectivity index (χ4n) is 2.24. The molecule has 0 aliphatic heterocycles. The Kier molecular flexibility index (Phi) is 5.12. The Labute approximate surface area is 103 Å². The van der Waals surface area contributed by atoms with Gasteiger partial charge in [0.15, 0.2) is 0 Å². The fourth-order valence-corrected chi connectivity index (χ4v) is 3.18. The Morgan fingerprint density at radius 2 is 2.12 bits per heavy atom. The van der Waals surface area contributed by atoms with Crippen LogP contribution in [-0.2, 0) is 4.79 Å². The molecule has 16 heavy (non-hydrogen) atoms. The van der Waals surface area contributed by atoms with E-state index in [4.69, 9.17) is 0 Å². The number of carbonyl (C=O) groups excluding carboxylic acids is 1. The second-order valence-corrected chi connectivity index (χ2v) is 6.02. The molecule has 1 fully saturated rings. The molecule has 0 aromatic heterocycles. The summed E-state index contributed by atoms with van der Waals surface area (Å²) in [6.07, 6.45) is 5.72. The van der Waals surface area contributed by atoms with Crippen LogP contribution in [0.15, 0.2) is 0 Å². The first-order valence-electron chi connectivity index (χ1n) is 6.10. The van der Waals surface area contributed by atoms with Crippen LogP contribution in [0.1, 0.15) is 40.0 Å². The van der Waals surface area contributed by atoms with Crippen LogP contribution in [0.3, 0.4) is 0 Å². The van der Waals surface area contributed by atoms with E-state index in [0.29, 0.717) is 11.3 Å². The van der Waals surface area contributed by atoms with Gasteiger partial charge in [-0.25, -0.2) is 0 Å². The molecule has 0 bridgehead atoms. The fraction of sp³-hybridized carbons (Fsp3) is 0.917. The molecule has 1 aliphatic carbocycles. The van der Waals surface area contributed by atoms with Gasteiger partial charge >= 0.3 is 0 Å². The summed E-state index contributed by atoms with van der Waals surface area (Å²) in [5, 5.41) is 6.99. The van der Waals surface area contributed by atoms with E-state index < -0.39 is 5.54 Å². The molecule has 94 valence electrons. The van der Waals surface area contributed by atoms with Gasteiger partial charge in [-0.05, 0) is 39.5 Å². The second kappa shape index (κ2) is 5.92. The van der Waals surface area contributed by atoms with Gasteiger partial charge in [0.1, 0.15) is 0 Å². The zero-order valence-corrected chi connectivity index (χ0v) is 11.6. The molecule has 3 nitrogen and oxygen atoms in total. The van der Waals surface area contributed by atoms with E-state index in [0.717, 1.165) is 13.0 Å². The minimum absolute atomic E-state index is 0.125. The van der Waals surface area contributed by atoms with Crippen LogP contribution >= 0.6 is 11.8 Å². The van der Waals surface area contributed by atoms with Crippen molar-refractivity contribution >= 4 is 17.7 Å². The summed E-state index contributed by atoms with van der Waals surface area (Å²) in [5.41, 5.74) is -0.458. The molecular weight excluding hydrogens is 220 g/mol. The van der Waals surface area contributed by atoms with E-state index >= 15 is 0 Å². The lowest BCUT2D eigenvalue weighted by Gasteiger charge is -2.28. The Bertz CT molecular complexity index is 243. The summed E-state index contributed by atoms with van der Waals surface area (Å²) in [7, 11) is 0. The van der Waals surface area contributed by atoms with Gasteiger partial charge in [0.2, 0.25) is 5.91 Å². The van der Waals surface area contributed by atoms with E-state index in [2.05, 4.69) is 16.9 Å². The maximum Gasteiger partial charge on any atom is 0.239 e. The molecule has 0 spiro atoms. The number of hydrogen-bond donors (Lipinski definition) is 2. The molecule has 2 atom stereocenters. The molecule has 0 aromatic carbocycles. The predicted molar refractivity (Wildman–Crippen MR) is 70.8 cm³/mol. The molecule has 1 saturated carbocycles. The number of rotatable bonds is 5. The second-order valence-electron chi connectivity index (χ2n) is 4.94. The maximum absolute atomic E-state index is 12.1. The molecule has 0 radical (unpaired) electrons. The number of amides is 1. The van der Waals surface area contributed by atoms with Gasteiger partial charge in [-0.3, -0.25) is 4.79 Å². The minimum Gasteiger partial charge on any atom is -0.351 e. The van der Waals surface area contributed by atoms with Crippen molar-refractivity contribution in [2.75, 3.05) is 12.8 Å². The highest BCUT2D eigenvalue weighted by atomic mass is 32.2. The molecule has 1 amide bonds. The Morgan fingerprint density at radius 3 is 2.69 bits per heavy atom. The quantitative estimate of drug-likeness (QED) is 0.774. The first-order chi connectivity index (χ1) is 7.51. The van der Waals surface area contributed by atoms with Crippen molar-refractivity contribution in [1.82, 2.24) is 10.6 Å². The van der Waals surface area contributed by atoms with Gasteiger partial charge in [-0.1, -0.05) is 13.3 Å². The summed E-state index contributed by atoms with van der Waals surface area (Å²) in [6, 6.07) is 0.362. The van der Waals surface area contributed by atoms with Crippen molar-refractivity contribution in [3.8, 4) is 0 Å². The third-order valence-electron chi connectivity index (χ3n) is 3.26. The highest BCUT2D eigenvalue weighted by Crippen LogP contribution is 2.28. The Balaban J connectivity index is 2.50. The minimum atomic E-state index is -0.458. The Morgan fingerprint density at radius 1 is 1.44 bits per heavy atom. The van der Waals surface area contributed by atoms with Gasteiger partial charge in [-0.15, -0.1) is 0 Å². The van der Waals surface area contributed by atoms with Crippen LogP contribution < -0.4 is 10.6 Å². The summed E-state index contributed by atoms with van der Waals surface area (Å²) in [6.45, 7) is 6.72. The SMILES string of the molecule is CCNC(C)(C)C(=O)NC1CCCC1SC. The monoisotopic (exact) mass is 244 g/mol. The van der Waals surface area contributed by atoms with Gasteiger partial charge in [0.05, 0.1) is 5.54 Å². The van der Waals surface area contributed by atoms with E-state index in [-0.39, 0.29) is 5.91 Å². The van der Waals surface area contributed by atoms with Crippen molar-refractivity contribution in [1.29, 1.82) is 0 Å². The number of carbonyl (C=O) groups is 1. The average Bonchev–Trinajstić information content (AvgIpc) is 2.65. The zero-order chi connectivity index (χ0) is 12.2. The van der Waals surface area contributed by atoms with Crippen LogP contribution in [0.25, 0.3) is 0 Å². The van der Waals surface area contributed by atoms with Gasteiger partial charge in [-0.2, -0.15) is 11.8 Å². The van der Waals surface area contributed by atoms with Crippen LogP contribution in [0.5, 0.6) is 0 Å². The van der Waals surface area contributed by atoms with Crippen LogP contribution in [0.4, 0.5) is 0 Å². The number of hydrogen-bond acceptors (Lipinski definition) is 3. The highest BCUT2D eigenvalue weighted by molar-refractivity contribution is 7.99. The van der Waals surface area contributed by atoms with Gasteiger partial charge in [0.25, 0.3) is 0 Å². The summed E-state index contributed by atoms with van der Waals surface area (Å²) >= 11 is 1.87. The van der Waals surface area contributed by atoms with Crippen molar-refractivity contribution in [3.05, 3.63) is 0 Å². The topological polar surface area (TPSA) is 41.1 Å². The molecule has 1 rings (SSSR count). The zero-order valence-electron chi connectivity index (χ0n) is 10.8. The molecule has 1 aliphatic rings. The lowest BCUT2D eigenvalue weighted by Crippen LogP contribution is -2.55. The van der Waals surface area contributed by atoms with E-state index in [1.807, 2.05) is 32.5 Å². The van der Waals surface area contributed by atoms with Crippen LogP contribution in [0.2, 0.25) is 0 Å². The molecule has 0 aromatic rings. The Hall–Kier alpha value is -0.220. The summed E-state index contributed by atoms with van der Waals surface area (Å²) < 4.78 is 0. The smallest absolute Gasteiger partial charge is 0.239 e. The molecule has 2 N–H and O–H groups in total.